The Morgan fingerprint density at radius 1 is 1.19 bits per heavy atom. The maximum absolute atomic E-state index is 12.5. The molecule has 2 aromatic rings. The van der Waals surface area contributed by atoms with Gasteiger partial charge in [0.25, 0.3) is 5.91 Å². The van der Waals surface area contributed by atoms with Gasteiger partial charge in [-0.2, -0.15) is 0 Å². The maximum atomic E-state index is 12.5. The van der Waals surface area contributed by atoms with E-state index in [0.717, 1.165) is 17.2 Å². The first-order valence-electron chi connectivity index (χ1n) is 8.60. The van der Waals surface area contributed by atoms with Crippen LogP contribution in [-0.2, 0) is 4.74 Å². The highest BCUT2D eigenvalue weighted by atomic mass is 16.5. The summed E-state index contributed by atoms with van der Waals surface area (Å²) in [7, 11) is 1.63. The molecular weight excluding hydrogens is 334 g/mol. The fourth-order valence-corrected chi connectivity index (χ4v) is 2.62. The van der Waals surface area contributed by atoms with Gasteiger partial charge in [0.1, 0.15) is 23.8 Å². The standard InChI is InChI=1S/C19H23N3O4/c1-24-16-2-4-17(5-3-16)26-11-8-20-15-6-7-21-18(14-15)19(23)22-9-12-25-13-10-22/h2-7,14H,8-13H2,1H3,(H,20,21). The predicted octanol–water partition coefficient (Wildman–Crippen LogP) is 2.05. The summed E-state index contributed by atoms with van der Waals surface area (Å²) < 4.78 is 16.1. The maximum Gasteiger partial charge on any atom is 0.272 e. The SMILES string of the molecule is COc1ccc(OCCNc2ccnc(C(=O)N3CCOCC3)c2)cc1. The van der Waals surface area contributed by atoms with Crippen LogP contribution in [0.25, 0.3) is 0 Å². The molecule has 7 nitrogen and oxygen atoms in total. The van der Waals surface area contributed by atoms with Gasteiger partial charge in [0.15, 0.2) is 0 Å². The van der Waals surface area contributed by atoms with Crippen molar-refractivity contribution < 1.29 is 19.0 Å². The molecule has 0 spiro atoms. The van der Waals surface area contributed by atoms with Crippen LogP contribution < -0.4 is 14.8 Å². The lowest BCUT2D eigenvalue weighted by Gasteiger charge is -2.26. The Bertz CT molecular complexity index is 715. The van der Waals surface area contributed by atoms with E-state index in [1.54, 1.807) is 24.3 Å². The summed E-state index contributed by atoms with van der Waals surface area (Å²) in [4.78, 5) is 18.4. The van der Waals surface area contributed by atoms with Crippen LogP contribution in [0, 0.1) is 0 Å². The molecule has 138 valence electrons. The van der Waals surface area contributed by atoms with Gasteiger partial charge in [0.2, 0.25) is 0 Å². The molecular formula is C19H23N3O4. The lowest BCUT2D eigenvalue weighted by Crippen LogP contribution is -2.41. The first-order valence-corrected chi connectivity index (χ1v) is 8.60. The zero-order valence-electron chi connectivity index (χ0n) is 14.8. The lowest BCUT2D eigenvalue weighted by atomic mass is 10.2. The molecule has 0 atom stereocenters. The summed E-state index contributed by atoms with van der Waals surface area (Å²) in [5, 5.41) is 3.25. The minimum atomic E-state index is -0.0635. The largest absolute Gasteiger partial charge is 0.497 e. The number of methoxy groups -OCH3 is 1. The van der Waals surface area contributed by atoms with Gasteiger partial charge >= 0.3 is 0 Å². The number of rotatable bonds is 7. The van der Waals surface area contributed by atoms with Crippen molar-refractivity contribution in [1.29, 1.82) is 0 Å². The zero-order chi connectivity index (χ0) is 18.2. The molecule has 1 fully saturated rings. The van der Waals surface area contributed by atoms with Gasteiger partial charge in [-0.3, -0.25) is 9.78 Å². The van der Waals surface area contributed by atoms with E-state index in [9.17, 15) is 4.79 Å². The normalized spacial score (nSPS) is 14.0. The number of carbonyl (C=O) groups excluding carboxylic acids is 1. The Balaban J connectivity index is 1.48. The van der Waals surface area contributed by atoms with E-state index >= 15 is 0 Å². The minimum absolute atomic E-state index is 0.0635. The summed E-state index contributed by atoms with van der Waals surface area (Å²) in [6.07, 6.45) is 1.64. The molecule has 0 aliphatic carbocycles. The second-order valence-electron chi connectivity index (χ2n) is 5.79. The Hall–Kier alpha value is -2.80. The average molecular weight is 357 g/mol. The molecule has 0 bridgehead atoms. The number of pyridine rings is 1. The second-order valence-corrected chi connectivity index (χ2v) is 5.79. The molecule has 1 N–H and O–H groups in total. The van der Waals surface area contributed by atoms with Crippen LogP contribution in [0.5, 0.6) is 11.5 Å². The zero-order valence-corrected chi connectivity index (χ0v) is 14.8. The molecule has 3 rings (SSSR count). The van der Waals surface area contributed by atoms with Crippen molar-refractivity contribution in [1.82, 2.24) is 9.88 Å². The average Bonchev–Trinajstić information content (AvgIpc) is 2.72. The molecule has 1 amide bonds. The van der Waals surface area contributed by atoms with Crippen LogP contribution in [0.3, 0.4) is 0 Å². The third kappa shape index (κ3) is 4.86. The van der Waals surface area contributed by atoms with Gasteiger partial charge in [-0.25, -0.2) is 0 Å². The van der Waals surface area contributed by atoms with E-state index in [4.69, 9.17) is 14.2 Å². The number of nitrogens with one attached hydrogen (secondary N) is 1. The molecule has 1 aromatic carbocycles. The number of amides is 1. The molecule has 1 saturated heterocycles. The van der Waals surface area contributed by atoms with Crippen LogP contribution in [-0.4, -0.2) is 62.4 Å². The third-order valence-corrected chi connectivity index (χ3v) is 4.04. The number of anilines is 1. The summed E-state index contributed by atoms with van der Waals surface area (Å²) in [6.45, 7) is 3.48. The molecule has 0 radical (unpaired) electrons. The Kier molecular flexibility index (Phi) is 6.27. The van der Waals surface area contributed by atoms with Crippen LogP contribution in [0.4, 0.5) is 5.69 Å². The highest BCUT2D eigenvalue weighted by molar-refractivity contribution is 5.93. The summed E-state index contributed by atoms with van der Waals surface area (Å²) in [5.74, 6) is 1.52. The summed E-state index contributed by atoms with van der Waals surface area (Å²) in [5.41, 5.74) is 1.28. The van der Waals surface area contributed by atoms with Gasteiger partial charge < -0.3 is 24.4 Å². The molecule has 1 aromatic heterocycles. The van der Waals surface area contributed by atoms with Crippen LogP contribution in [0.15, 0.2) is 42.6 Å². The molecule has 0 saturated carbocycles. The van der Waals surface area contributed by atoms with Crippen molar-refractivity contribution >= 4 is 11.6 Å². The second kappa shape index (κ2) is 9.05. The number of nitrogens with zero attached hydrogens (tertiary/aromatic N) is 2. The van der Waals surface area contributed by atoms with Gasteiger partial charge in [0.05, 0.1) is 20.3 Å². The molecule has 1 aliphatic heterocycles. The van der Waals surface area contributed by atoms with E-state index in [1.807, 2.05) is 30.3 Å². The quantitative estimate of drug-likeness (QED) is 0.765. The van der Waals surface area contributed by atoms with E-state index in [2.05, 4.69) is 10.3 Å². The first kappa shape index (κ1) is 18.0. The van der Waals surface area contributed by atoms with Gasteiger partial charge in [-0.05, 0) is 36.4 Å². The number of hydrogen-bond donors (Lipinski definition) is 1. The summed E-state index contributed by atoms with van der Waals surface area (Å²) in [6, 6.07) is 11.0. The van der Waals surface area contributed by atoms with E-state index in [-0.39, 0.29) is 5.91 Å². The highest BCUT2D eigenvalue weighted by Gasteiger charge is 2.19. The van der Waals surface area contributed by atoms with Crippen LogP contribution in [0.2, 0.25) is 0 Å². The molecule has 2 heterocycles. The lowest BCUT2D eigenvalue weighted by molar-refractivity contribution is 0.0299. The summed E-state index contributed by atoms with van der Waals surface area (Å²) >= 11 is 0. The number of benzene rings is 1. The van der Waals surface area contributed by atoms with Crippen molar-refractivity contribution in [3.05, 3.63) is 48.3 Å². The van der Waals surface area contributed by atoms with E-state index in [1.165, 1.54) is 0 Å². The molecule has 26 heavy (non-hydrogen) atoms. The van der Waals surface area contributed by atoms with Crippen molar-refractivity contribution in [3.8, 4) is 11.5 Å². The number of ether oxygens (including phenoxy) is 3. The minimum Gasteiger partial charge on any atom is -0.497 e. The van der Waals surface area contributed by atoms with Crippen LogP contribution >= 0.6 is 0 Å². The van der Waals surface area contributed by atoms with Gasteiger partial charge in [-0.15, -0.1) is 0 Å². The number of aromatic nitrogens is 1. The Morgan fingerprint density at radius 3 is 2.65 bits per heavy atom. The first-order chi connectivity index (χ1) is 12.8. The van der Waals surface area contributed by atoms with Crippen LogP contribution in [0.1, 0.15) is 10.5 Å². The topological polar surface area (TPSA) is 72.9 Å². The van der Waals surface area contributed by atoms with Crippen molar-refractivity contribution in [2.24, 2.45) is 0 Å². The smallest absolute Gasteiger partial charge is 0.272 e. The number of carbonyl (C=O) groups is 1. The van der Waals surface area contributed by atoms with Crippen molar-refractivity contribution in [2.45, 2.75) is 0 Å². The third-order valence-electron chi connectivity index (χ3n) is 4.04. The van der Waals surface area contributed by atoms with E-state index < -0.39 is 0 Å². The van der Waals surface area contributed by atoms with Gasteiger partial charge in [-0.1, -0.05) is 0 Å². The van der Waals surface area contributed by atoms with Crippen molar-refractivity contribution in [3.63, 3.8) is 0 Å². The highest BCUT2D eigenvalue weighted by Crippen LogP contribution is 2.17. The molecule has 1 aliphatic rings. The Morgan fingerprint density at radius 2 is 1.92 bits per heavy atom. The van der Waals surface area contributed by atoms with E-state index in [0.29, 0.717) is 45.1 Å². The monoisotopic (exact) mass is 357 g/mol. The Labute approximate surface area is 152 Å². The number of morpholine rings is 1. The fourth-order valence-electron chi connectivity index (χ4n) is 2.62. The fraction of sp³-hybridized carbons (Fsp3) is 0.368. The van der Waals surface area contributed by atoms with Crippen molar-refractivity contribution in [2.75, 3.05) is 51.9 Å². The molecule has 0 unspecified atom stereocenters. The number of hydrogen-bond acceptors (Lipinski definition) is 6. The predicted molar refractivity (Wildman–Crippen MR) is 97.9 cm³/mol. The van der Waals surface area contributed by atoms with Gasteiger partial charge in [0, 0.05) is 31.5 Å². The molecule has 7 heteroatoms.